The maximum absolute atomic E-state index is 13.0. The molecule has 4 heterocycles. The summed E-state index contributed by atoms with van der Waals surface area (Å²) < 4.78 is 32.8. The second kappa shape index (κ2) is 8.67. The molecule has 9 nitrogen and oxygen atoms in total. The molecular weight excluding hydrogens is 428 g/mol. The molecule has 0 spiro atoms. The predicted octanol–water partition coefficient (Wildman–Crippen LogP) is 2.65. The predicted molar refractivity (Wildman–Crippen MR) is 123 cm³/mol. The van der Waals surface area contributed by atoms with Gasteiger partial charge in [-0.25, -0.2) is 8.42 Å². The van der Waals surface area contributed by atoms with Crippen molar-refractivity contribution in [1.82, 2.24) is 19.7 Å². The third-order valence-electron chi connectivity index (χ3n) is 6.46. The van der Waals surface area contributed by atoms with E-state index in [-0.39, 0.29) is 5.75 Å². The van der Waals surface area contributed by atoms with Crippen LogP contribution in [0.15, 0.2) is 40.9 Å². The molecule has 0 amide bonds. The fourth-order valence-electron chi connectivity index (χ4n) is 4.58. The molecule has 0 N–H and O–H groups in total. The zero-order chi connectivity index (χ0) is 22.1. The fraction of sp³-hybridized carbons (Fsp3) is 0.500. The van der Waals surface area contributed by atoms with E-state index in [2.05, 4.69) is 32.1 Å². The van der Waals surface area contributed by atoms with Crippen molar-refractivity contribution >= 4 is 32.6 Å². The van der Waals surface area contributed by atoms with Gasteiger partial charge in [0.25, 0.3) is 0 Å². The van der Waals surface area contributed by atoms with E-state index >= 15 is 0 Å². The lowest BCUT2D eigenvalue weighted by molar-refractivity contribution is 0.381. The summed E-state index contributed by atoms with van der Waals surface area (Å²) in [5.41, 5.74) is 1.06. The number of hydrogen-bond donors (Lipinski definition) is 0. The normalized spacial score (nSPS) is 20.7. The number of nitrogens with zero attached hydrogens (tertiary/aromatic N) is 6. The van der Waals surface area contributed by atoms with Crippen molar-refractivity contribution in [3.8, 4) is 0 Å². The Balaban J connectivity index is 1.22. The van der Waals surface area contributed by atoms with Gasteiger partial charge < -0.3 is 14.3 Å². The second-order valence-corrected chi connectivity index (χ2v) is 10.5. The number of para-hydroxylation sites is 1. The highest BCUT2D eigenvalue weighted by molar-refractivity contribution is 7.88. The van der Waals surface area contributed by atoms with Crippen molar-refractivity contribution in [3.63, 3.8) is 0 Å². The molecule has 1 unspecified atom stereocenters. The summed E-state index contributed by atoms with van der Waals surface area (Å²) in [7, 11) is -3.49. The van der Waals surface area contributed by atoms with E-state index in [0.717, 1.165) is 23.6 Å². The molecule has 2 aliphatic heterocycles. The highest BCUT2D eigenvalue weighted by Gasteiger charge is 2.29. The lowest BCUT2D eigenvalue weighted by Gasteiger charge is -2.35. The first-order valence-corrected chi connectivity index (χ1v) is 12.8. The third kappa shape index (κ3) is 4.16. The largest absolute Gasteiger partial charge is 0.356 e. The van der Waals surface area contributed by atoms with Gasteiger partial charge in [0.15, 0.2) is 17.2 Å². The molecule has 5 rings (SSSR count). The Morgan fingerprint density at radius 1 is 0.969 bits per heavy atom. The van der Waals surface area contributed by atoms with E-state index < -0.39 is 10.0 Å². The van der Waals surface area contributed by atoms with E-state index in [1.807, 2.05) is 30.3 Å². The molecule has 2 aromatic heterocycles. The van der Waals surface area contributed by atoms with Crippen LogP contribution < -0.4 is 9.80 Å². The quantitative estimate of drug-likeness (QED) is 0.578. The van der Waals surface area contributed by atoms with Crippen molar-refractivity contribution < 1.29 is 12.9 Å². The van der Waals surface area contributed by atoms with E-state index in [9.17, 15) is 8.42 Å². The summed E-state index contributed by atoms with van der Waals surface area (Å²) in [5.74, 6) is 1.55. The van der Waals surface area contributed by atoms with Crippen LogP contribution in [-0.4, -0.2) is 66.8 Å². The monoisotopic (exact) mass is 456 g/mol. The molecule has 3 aromatic rings. The van der Waals surface area contributed by atoms with Gasteiger partial charge in [-0.1, -0.05) is 17.3 Å². The smallest absolute Gasteiger partial charge is 0.220 e. The first-order valence-electron chi connectivity index (χ1n) is 11.2. The number of sulfonamides is 1. The molecule has 1 aromatic carbocycles. The van der Waals surface area contributed by atoms with Crippen LogP contribution in [0.3, 0.4) is 0 Å². The first kappa shape index (κ1) is 21.1. The third-order valence-corrected chi connectivity index (χ3v) is 8.25. The number of anilines is 2. The number of benzene rings is 1. The number of fused-ring (bicyclic) bond motifs is 1. The summed E-state index contributed by atoms with van der Waals surface area (Å²) >= 11 is 0. The molecule has 2 saturated heterocycles. The number of rotatable bonds is 5. The van der Waals surface area contributed by atoms with Crippen LogP contribution in [0.5, 0.6) is 0 Å². The minimum absolute atomic E-state index is 0.160. The maximum atomic E-state index is 13.0. The Morgan fingerprint density at radius 3 is 2.47 bits per heavy atom. The van der Waals surface area contributed by atoms with Crippen LogP contribution in [0.25, 0.3) is 11.0 Å². The van der Waals surface area contributed by atoms with Crippen LogP contribution in [0.1, 0.15) is 31.9 Å². The summed E-state index contributed by atoms with van der Waals surface area (Å²) in [6.45, 7) is 5.22. The van der Waals surface area contributed by atoms with Gasteiger partial charge in [0.2, 0.25) is 10.0 Å². The van der Waals surface area contributed by atoms with E-state index in [4.69, 9.17) is 4.52 Å². The van der Waals surface area contributed by atoms with E-state index in [0.29, 0.717) is 43.5 Å². The van der Waals surface area contributed by atoms with Crippen LogP contribution in [0, 0.1) is 0 Å². The topological polar surface area (TPSA) is 95.7 Å². The Morgan fingerprint density at radius 2 is 1.72 bits per heavy atom. The number of piperazine rings is 1. The van der Waals surface area contributed by atoms with Crippen molar-refractivity contribution in [2.45, 2.75) is 38.0 Å². The zero-order valence-corrected chi connectivity index (χ0v) is 19.0. The van der Waals surface area contributed by atoms with Gasteiger partial charge in [-0.15, -0.1) is 10.2 Å². The lowest BCUT2D eigenvalue weighted by Crippen LogP contribution is -2.49. The molecule has 0 radical (unpaired) electrons. The Kier molecular flexibility index (Phi) is 5.73. The van der Waals surface area contributed by atoms with Gasteiger partial charge in [-0.05, 0) is 50.5 Å². The van der Waals surface area contributed by atoms with Gasteiger partial charge in [0.1, 0.15) is 11.4 Å². The maximum Gasteiger partial charge on any atom is 0.220 e. The number of piperidine rings is 1. The summed E-state index contributed by atoms with van der Waals surface area (Å²) in [6, 6.07) is 11.8. The molecule has 0 saturated carbocycles. The fourth-order valence-corrected chi connectivity index (χ4v) is 6.04. The molecular formula is C22H28N6O3S. The molecule has 10 heteroatoms. The van der Waals surface area contributed by atoms with Gasteiger partial charge in [-0.2, -0.15) is 4.31 Å². The average Bonchev–Trinajstić information content (AvgIpc) is 3.22. The average molecular weight is 457 g/mol. The van der Waals surface area contributed by atoms with Crippen molar-refractivity contribution in [2.75, 3.05) is 42.5 Å². The van der Waals surface area contributed by atoms with Gasteiger partial charge in [-0.3, -0.25) is 0 Å². The Bertz CT molecular complexity index is 1170. The second-order valence-electron chi connectivity index (χ2n) is 8.56. The van der Waals surface area contributed by atoms with Crippen LogP contribution in [0.4, 0.5) is 11.6 Å². The van der Waals surface area contributed by atoms with Gasteiger partial charge >= 0.3 is 0 Å². The minimum Gasteiger partial charge on any atom is -0.356 e. The van der Waals surface area contributed by atoms with Crippen molar-refractivity contribution in [1.29, 1.82) is 0 Å². The molecule has 1 atom stereocenters. The van der Waals surface area contributed by atoms with Gasteiger partial charge in [0.05, 0.1) is 0 Å². The van der Waals surface area contributed by atoms with E-state index in [1.165, 1.54) is 23.6 Å². The van der Waals surface area contributed by atoms with Crippen molar-refractivity contribution in [2.24, 2.45) is 0 Å². The molecule has 170 valence electrons. The zero-order valence-electron chi connectivity index (χ0n) is 18.2. The summed E-state index contributed by atoms with van der Waals surface area (Å²) in [6.07, 6.45) is 3.64. The summed E-state index contributed by atoms with van der Waals surface area (Å²) in [4.78, 5) is 4.41. The molecule has 0 bridgehead atoms. The summed E-state index contributed by atoms with van der Waals surface area (Å²) in [5, 5.41) is 13.6. The van der Waals surface area contributed by atoms with Crippen LogP contribution in [-0.2, 0) is 15.8 Å². The Labute approximate surface area is 188 Å². The lowest BCUT2D eigenvalue weighted by atomic mass is 10.0. The molecule has 0 aliphatic carbocycles. The standard InChI is InChI=1S/C22H28N6O3S/c1-17-6-4-5-11-28(17)22-10-9-21(23-24-22)26-12-14-27(15-13-26)32(29,30)16-19-18-7-2-3-8-20(18)31-25-19/h2-3,7-10,17H,4-6,11-16H2,1H3. The minimum atomic E-state index is -3.49. The molecule has 2 aliphatic rings. The SMILES string of the molecule is CC1CCCCN1c1ccc(N2CCN(S(=O)(=O)Cc3noc4ccccc34)CC2)nn1. The van der Waals surface area contributed by atoms with Crippen LogP contribution >= 0.6 is 0 Å². The highest BCUT2D eigenvalue weighted by Crippen LogP contribution is 2.25. The van der Waals surface area contributed by atoms with Gasteiger partial charge in [0, 0.05) is 44.2 Å². The number of aromatic nitrogens is 3. The molecule has 2 fully saturated rings. The first-order chi connectivity index (χ1) is 15.5. The molecule has 32 heavy (non-hydrogen) atoms. The van der Waals surface area contributed by atoms with Crippen LogP contribution in [0.2, 0.25) is 0 Å². The number of hydrogen-bond acceptors (Lipinski definition) is 8. The van der Waals surface area contributed by atoms with Crippen molar-refractivity contribution in [3.05, 3.63) is 42.1 Å². The highest BCUT2D eigenvalue weighted by atomic mass is 32.2. The Hall–Kier alpha value is -2.72. The van der Waals surface area contributed by atoms with E-state index in [1.54, 1.807) is 6.07 Å².